The Morgan fingerprint density at radius 1 is 1.11 bits per heavy atom. The molecule has 7 nitrogen and oxygen atoms in total. The van der Waals surface area contributed by atoms with Crippen molar-refractivity contribution in [3.05, 3.63) is 35.9 Å². The second kappa shape index (κ2) is 8.96. The number of carbonyl (C=O) groups excluding carboxylic acids is 1. The highest BCUT2D eigenvalue weighted by atomic mass is 32.2. The van der Waals surface area contributed by atoms with Crippen LogP contribution in [0.15, 0.2) is 35.5 Å². The van der Waals surface area contributed by atoms with Crippen LogP contribution in [0.3, 0.4) is 0 Å². The highest BCUT2D eigenvalue weighted by Gasteiger charge is 2.27. The van der Waals surface area contributed by atoms with Crippen molar-refractivity contribution >= 4 is 23.6 Å². The summed E-state index contributed by atoms with van der Waals surface area (Å²) in [5, 5.41) is 9.57. The van der Waals surface area contributed by atoms with Gasteiger partial charge in [-0.05, 0) is 25.3 Å². The first-order chi connectivity index (χ1) is 13.7. The molecule has 4 rings (SSSR count). The molecule has 2 saturated heterocycles. The number of rotatable bonds is 6. The highest BCUT2D eigenvalue weighted by Crippen LogP contribution is 2.28. The average molecular weight is 402 g/mol. The van der Waals surface area contributed by atoms with E-state index in [9.17, 15) is 4.79 Å². The summed E-state index contributed by atoms with van der Waals surface area (Å²) in [5.41, 5.74) is 1.19. The van der Waals surface area contributed by atoms with E-state index in [-0.39, 0.29) is 11.2 Å². The lowest BCUT2D eigenvalue weighted by Gasteiger charge is -2.28. The van der Waals surface area contributed by atoms with Gasteiger partial charge in [-0.1, -0.05) is 42.1 Å². The number of anilines is 1. The van der Waals surface area contributed by atoms with Gasteiger partial charge in [-0.3, -0.25) is 9.36 Å². The lowest BCUT2D eigenvalue weighted by atomic mass is 10.2. The number of aromatic nitrogens is 3. The maximum Gasteiger partial charge on any atom is 0.235 e. The fourth-order valence-electron chi connectivity index (χ4n) is 3.67. The van der Waals surface area contributed by atoms with E-state index >= 15 is 0 Å². The predicted molar refractivity (Wildman–Crippen MR) is 110 cm³/mol. The fraction of sp³-hybridized carbons (Fsp3) is 0.550. The summed E-state index contributed by atoms with van der Waals surface area (Å²) in [6.45, 7) is 7.42. The molecule has 1 aromatic heterocycles. The smallest absolute Gasteiger partial charge is 0.235 e. The van der Waals surface area contributed by atoms with Crippen molar-refractivity contribution in [2.75, 3.05) is 44.3 Å². The van der Waals surface area contributed by atoms with Crippen LogP contribution in [0.2, 0.25) is 0 Å². The van der Waals surface area contributed by atoms with Crippen LogP contribution in [-0.2, 0) is 16.1 Å². The second-order valence-corrected chi connectivity index (χ2v) is 8.55. The van der Waals surface area contributed by atoms with Crippen molar-refractivity contribution < 1.29 is 9.53 Å². The Morgan fingerprint density at radius 2 is 1.82 bits per heavy atom. The van der Waals surface area contributed by atoms with Gasteiger partial charge in [0.2, 0.25) is 11.9 Å². The minimum Gasteiger partial charge on any atom is -0.378 e. The summed E-state index contributed by atoms with van der Waals surface area (Å²) in [7, 11) is 0. The zero-order valence-electron chi connectivity index (χ0n) is 16.3. The average Bonchev–Trinajstić information content (AvgIpc) is 3.40. The van der Waals surface area contributed by atoms with Crippen LogP contribution in [0.1, 0.15) is 25.3 Å². The van der Waals surface area contributed by atoms with E-state index in [0.717, 1.165) is 50.1 Å². The lowest BCUT2D eigenvalue weighted by molar-refractivity contribution is -0.129. The van der Waals surface area contributed by atoms with Crippen LogP contribution >= 0.6 is 11.8 Å². The number of amides is 1. The van der Waals surface area contributed by atoms with Gasteiger partial charge < -0.3 is 14.5 Å². The lowest BCUT2D eigenvalue weighted by Crippen LogP contribution is -2.38. The summed E-state index contributed by atoms with van der Waals surface area (Å²) in [6, 6.07) is 10.3. The molecular weight excluding hydrogens is 374 g/mol. The van der Waals surface area contributed by atoms with Gasteiger partial charge in [-0.2, -0.15) is 0 Å². The van der Waals surface area contributed by atoms with Crippen molar-refractivity contribution in [1.29, 1.82) is 0 Å². The van der Waals surface area contributed by atoms with Gasteiger partial charge in [0.05, 0.1) is 25.0 Å². The molecule has 150 valence electrons. The van der Waals surface area contributed by atoms with Crippen LogP contribution in [0.4, 0.5) is 5.95 Å². The first kappa shape index (κ1) is 19.3. The summed E-state index contributed by atoms with van der Waals surface area (Å²) in [6.07, 6.45) is 2.21. The number of ether oxygens (including phenoxy) is 1. The second-order valence-electron chi connectivity index (χ2n) is 7.25. The number of hydrogen-bond donors (Lipinski definition) is 0. The Balaban J connectivity index is 1.56. The number of morpholine rings is 1. The molecule has 1 amide bonds. The summed E-state index contributed by atoms with van der Waals surface area (Å²) in [5.74, 6) is 1.06. The first-order valence-corrected chi connectivity index (χ1v) is 10.9. The number of likely N-dealkylation sites (tertiary alicyclic amines) is 1. The van der Waals surface area contributed by atoms with Crippen LogP contribution in [0.5, 0.6) is 0 Å². The molecule has 0 aliphatic carbocycles. The number of carbonyl (C=O) groups is 1. The molecule has 1 aromatic carbocycles. The molecule has 0 bridgehead atoms. The molecule has 2 aliphatic heterocycles. The molecule has 2 aromatic rings. The van der Waals surface area contributed by atoms with Crippen LogP contribution in [-0.4, -0.2) is 70.2 Å². The van der Waals surface area contributed by atoms with Gasteiger partial charge in [0.15, 0.2) is 5.16 Å². The van der Waals surface area contributed by atoms with Gasteiger partial charge in [-0.25, -0.2) is 0 Å². The largest absolute Gasteiger partial charge is 0.378 e. The fourth-order valence-corrected chi connectivity index (χ4v) is 4.60. The number of nitrogens with zero attached hydrogens (tertiary/aromatic N) is 5. The Labute approximate surface area is 170 Å². The molecule has 0 saturated carbocycles. The molecule has 28 heavy (non-hydrogen) atoms. The summed E-state index contributed by atoms with van der Waals surface area (Å²) >= 11 is 1.51. The van der Waals surface area contributed by atoms with Crippen LogP contribution < -0.4 is 4.90 Å². The van der Waals surface area contributed by atoms with E-state index in [1.54, 1.807) is 0 Å². The third-order valence-corrected chi connectivity index (χ3v) is 6.29. The normalized spacial score (nSPS) is 18.5. The van der Waals surface area contributed by atoms with E-state index in [1.165, 1.54) is 17.3 Å². The van der Waals surface area contributed by atoms with Crippen molar-refractivity contribution in [1.82, 2.24) is 19.7 Å². The molecular formula is C20H27N5O2S. The van der Waals surface area contributed by atoms with E-state index in [0.29, 0.717) is 19.8 Å². The topological polar surface area (TPSA) is 63.5 Å². The standard InChI is InChI=1S/C20H27N5O2S/c1-16(18(26)23-9-5-6-10-23)28-20-22-21-19(24-11-13-27-14-12-24)25(20)15-17-7-3-2-4-8-17/h2-4,7-8,16H,5-6,9-15H2,1H3/t16-/m0/s1. The highest BCUT2D eigenvalue weighted by molar-refractivity contribution is 8.00. The minimum atomic E-state index is -0.172. The number of hydrogen-bond acceptors (Lipinski definition) is 6. The van der Waals surface area contributed by atoms with Gasteiger partial charge >= 0.3 is 0 Å². The molecule has 0 N–H and O–H groups in total. The number of benzene rings is 1. The third kappa shape index (κ3) is 4.33. The minimum absolute atomic E-state index is 0.172. The third-order valence-electron chi connectivity index (χ3n) is 5.22. The van der Waals surface area contributed by atoms with Gasteiger partial charge in [-0.15, -0.1) is 10.2 Å². The Morgan fingerprint density at radius 3 is 2.54 bits per heavy atom. The van der Waals surface area contributed by atoms with E-state index in [2.05, 4.69) is 31.8 Å². The Hall–Kier alpha value is -2.06. The molecule has 8 heteroatoms. The van der Waals surface area contributed by atoms with E-state index in [1.807, 2.05) is 30.0 Å². The molecule has 0 spiro atoms. The van der Waals surface area contributed by atoms with E-state index in [4.69, 9.17) is 4.74 Å². The van der Waals surface area contributed by atoms with Gasteiger partial charge in [0.25, 0.3) is 0 Å². The maximum atomic E-state index is 12.7. The van der Waals surface area contributed by atoms with Gasteiger partial charge in [0.1, 0.15) is 0 Å². The van der Waals surface area contributed by atoms with Crippen molar-refractivity contribution in [3.63, 3.8) is 0 Å². The summed E-state index contributed by atoms with van der Waals surface area (Å²) in [4.78, 5) is 16.9. The zero-order valence-corrected chi connectivity index (χ0v) is 17.1. The number of thioether (sulfide) groups is 1. The Bertz CT molecular complexity index is 785. The van der Waals surface area contributed by atoms with Crippen LogP contribution in [0, 0.1) is 0 Å². The quantitative estimate of drug-likeness (QED) is 0.692. The molecule has 0 unspecified atom stereocenters. The van der Waals surface area contributed by atoms with Crippen molar-refractivity contribution in [2.24, 2.45) is 0 Å². The monoisotopic (exact) mass is 401 g/mol. The molecule has 0 radical (unpaired) electrons. The van der Waals surface area contributed by atoms with Gasteiger partial charge in [0, 0.05) is 26.2 Å². The predicted octanol–water partition coefficient (Wildman–Crippen LogP) is 2.27. The SMILES string of the molecule is C[C@H](Sc1nnc(N2CCOCC2)n1Cc1ccccc1)C(=O)N1CCCC1. The molecule has 1 atom stereocenters. The van der Waals surface area contributed by atoms with Crippen LogP contribution in [0.25, 0.3) is 0 Å². The summed E-state index contributed by atoms with van der Waals surface area (Å²) < 4.78 is 7.62. The van der Waals surface area contributed by atoms with Crippen molar-refractivity contribution in [2.45, 2.75) is 36.7 Å². The molecule has 2 fully saturated rings. The van der Waals surface area contributed by atoms with E-state index < -0.39 is 0 Å². The van der Waals surface area contributed by atoms with Crippen molar-refractivity contribution in [3.8, 4) is 0 Å². The zero-order chi connectivity index (χ0) is 19.3. The molecule has 2 aliphatic rings. The molecule has 3 heterocycles. The Kier molecular flexibility index (Phi) is 6.17. The first-order valence-electron chi connectivity index (χ1n) is 9.97. The maximum absolute atomic E-state index is 12.7.